The molecule has 0 aromatic carbocycles. The lowest BCUT2D eigenvalue weighted by Gasteiger charge is -2.19. The minimum absolute atomic E-state index is 0.0875. The molecular weight excluding hydrogens is 243 g/mol. The molecule has 17 heavy (non-hydrogen) atoms. The Balaban J connectivity index is 4.10. The minimum Gasteiger partial charge on any atom is -0.481 e. The Morgan fingerprint density at radius 2 is 1.94 bits per heavy atom. The first-order valence-electron chi connectivity index (χ1n) is 4.84. The quantitative estimate of drug-likeness (QED) is 0.664. The van der Waals surface area contributed by atoms with E-state index in [9.17, 15) is 18.0 Å². The number of halogens is 3. The third-order valence-corrected chi connectivity index (χ3v) is 2.10. The zero-order chi connectivity index (χ0) is 13.5. The highest BCUT2D eigenvalue weighted by molar-refractivity contribution is 5.71. The van der Waals surface area contributed by atoms with Gasteiger partial charge in [0.1, 0.15) is 0 Å². The molecule has 2 atom stereocenters. The molecule has 2 N–H and O–H groups in total. The van der Waals surface area contributed by atoms with Gasteiger partial charge in [-0.05, 0) is 0 Å². The van der Waals surface area contributed by atoms with Crippen LogP contribution in [-0.4, -0.2) is 57.3 Å². The molecule has 0 rings (SSSR count). The van der Waals surface area contributed by atoms with Crippen molar-refractivity contribution in [3.05, 3.63) is 0 Å². The first kappa shape index (κ1) is 16.1. The number of hydrogen-bond donors (Lipinski definition) is 2. The number of rotatable bonds is 8. The molecule has 0 radical (unpaired) electrons. The summed E-state index contributed by atoms with van der Waals surface area (Å²) in [6.07, 6.45) is -5.18. The van der Waals surface area contributed by atoms with Crippen molar-refractivity contribution in [1.82, 2.24) is 5.32 Å². The lowest BCUT2D eigenvalue weighted by Crippen LogP contribution is -2.42. The number of carboxylic acids is 1. The molecule has 0 aliphatic heterocycles. The van der Waals surface area contributed by atoms with Crippen LogP contribution in [0.4, 0.5) is 13.2 Å². The molecule has 102 valence electrons. The van der Waals surface area contributed by atoms with Crippen LogP contribution in [0.5, 0.6) is 0 Å². The molecule has 0 heterocycles. The van der Waals surface area contributed by atoms with E-state index < -0.39 is 30.7 Å². The van der Waals surface area contributed by atoms with Crippen LogP contribution in [0.25, 0.3) is 0 Å². The number of aliphatic carboxylic acids is 1. The van der Waals surface area contributed by atoms with Crippen LogP contribution in [0.1, 0.15) is 0 Å². The second-order valence-corrected chi connectivity index (χ2v) is 3.40. The monoisotopic (exact) mass is 259 g/mol. The maximum absolute atomic E-state index is 12.2. The highest BCUT2D eigenvalue weighted by atomic mass is 19.4. The second kappa shape index (κ2) is 7.46. The highest BCUT2D eigenvalue weighted by Crippen LogP contribution is 2.25. The van der Waals surface area contributed by atoms with Crippen molar-refractivity contribution in [2.75, 3.05) is 33.9 Å². The molecule has 0 bridgehead atoms. The third kappa shape index (κ3) is 6.44. The molecular formula is C9H16F3NO4. The summed E-state index contributed by atoms with van der Waals surface area (Å²) in [5.74, 6) is -4.31. The van der Waals surface area contributed by atoms with E-state index in [1.807, 2.05) is 0 Å². The van der Waals surface area contributed by atoms with Crippen LogP contribution >= 0.6 is 0 Å². The Morgan fingerprint density at radius 1 is 1.35 bits per heavy atom. The molecule has 0 saturated carbocycles. The molecule has 2 unspecified atom stereocenters. The average Bonchev–Trinajstić information content (AvgIpc) is 2.20. The molecule has 0 aliphatic rings. The van der Waals surface area contributed by atoms with Gasteiger partial charge in [0.05, 0.1) is 12.7 Å². The second-order valence-electron chi connectivity index (χ2n) is 3.40. The van der Waals surface area contributed by atoms with Crippen molar-refractivity contribution >= 4 is 5.97 Å². The molecule has 5 nitrogen and oxygen atoms in total. The molecule has 0 spiro atoms. The van der Waals surface area contributed by atoms with Crippen LogP contribution in [0.2, 0.25) is 0 Å². The van der Waals surface area contributed by atoms with E-state index in [1.54, 1.807) is 0 Å². The van der Waals surface area contributed by atoms with Gasteiger partial charge in [-0.1, -0.05) is 0 Å². The Kier molecular flexibility index (Phi) is 7.09. The number of alkyl halides is 3. The van der Waals surface area contributed by atoms with Crippen LogP contribution in [0, 0.1) is 5.92 Å². The lowest BCUT2D eigenvalue weighted by atomic mass is 10.1. The van der Waals surface area contributed by atoms with Crippen molar-refractivity contribution in [1.29, 1.82) is 0 Å². The highest BCUT2D eigenvalue weighted by Gasteiger charge is 2.44. The van der Waals surface area contributed by atoms with E-state index in [2.05, 4.69) is 5.32 Å². The first-order chi connectivity index (χ1) is 7.82. The van der Waals surface area contributed by atoms with Gasteiger partial charge in [-0.2, -0.15) is 13.2 Å². The number of hydrogen-bond acceptors (Lipinski definition) is 4. The van der Waals surface area contributed by atoms with Gasteiger partial charge >= 0.3 is 12.1 Å². The summed E-state index contributed by atoms with van der Waals surface area (Å²) in [5.41, 5.74) is 0. The van der Waals surface area contributed by atoms with Gasteiger partial charge in [0, 0.05) is 27.3 Å². The molecule has 0 fully saturated rings. The van der Waals surface area contributed by atoms with Gasteiger partial charge in [-0.15, -0.1) is 0 Å². The predicted octanol–water partition coefficient (Wildman–Crippen LogP) is 0.500. The van der Waals surface area contributed by atoms with Gasteiger partial charge in [0.15, 0.2) is 5.92 Å². The smallest absolute Gasteiger partial charge is 0.403 e. The number of ether oxygens (including phenoxy) is 2. The van der Waals surface area contributed by atoms with Crippen LogP contribution < -0.4 is 5.32 Å². The summed E-state index contributed by atoms with van der Waals surface area (Å²) in [5, 5.41) is 10.8. The fraction of sp³-hybridized carbons (Fsp3) is 0.889. The summed E-state index contributed by atoms with van der Waals surface area (Å²) in [6, 6.07) is 0. The van der Waals surface area contributed by atoms with Crippen molar-refractivity contribution in [2.45, 2.75) is 12.3 Å². The molecule has 0 aliphatic carbocycles. The lowest BCUT2D eigenvalue weighted by molar-refractivity contribution is -0.192. The Morgan fingerprint density at radius 3 is 2.29 bits per heavy atom. The Labute approximate surface area is 96.9 Å². The molecule has 0 aromatic rings. The summed E-state index contributed by atoms with van der Waals surface area (Å²) < 4.78 is 46.4. The summed E-state index contributed by atoms with van der Waals surface area (Å²) >= 11 is 0. The normalized spacial score (nSPS) is 15.6. The molecule has 0 amide bonds. The van der Waals surface area contributed by atoms with Crippen LogP contribution in [-0.2, 0) is 14.3 Å². The minimum atomic E-state index is -4.76. The number of nitrogens with one attached hydrogen (secondary N) is 1. The van der Waals surface area contributed by atoms with Gasteiger partial charge in [0.25, 0.3) is 0 Å². The maximum Gasteiger partial charge on any atom is 0.403 e. The standard InChI is InChI=1S/C9H16F3NO4/c1-16-5-6(17-2)3-13-4-7(8(14)15)9(10,11)12/h6-7,13H,3-5H2,1-2H3,(H,14,15). The largest absolute Gasteiger partial charge is 0.481 e. The third-order valence-electron chi connectivity index (χ3n) is 2.10. The number of carbonyl (C=O) groups is 1. The van der Waals surface area contributed by atoms with E-state index in [1.165, 1.54) is 14.2 Å². The molecule has 8 heteroatoms. The Bertz CT molecular complexity index is 235. The topological polar surface area (TPSA) is 67.8 Å². The summed E-state index contributed by atoms with van der Waals surface area (Å²) in [4.78, 5) is 10.4. The summed E-state index contributed by atoms with van der Waals surface area (Å²) in [6.45, 7) is -0.389. The van der Waals surface area contributed by atoms with Gasteiger partial charge in [0.2, 0.25) is 0 Å². The SMILES string of the molecule is COCC(CNCC(C(=O)O)C(F)(F)F)OC. The van der Waals surface area contributed by atoms with E-state index in [4.69, 9.17) is 14.6 Å². The van der Waals surface area contributed by atoms with Crippen molar-refractivity contribution in [3.8, 4) is 0 Å². The van der Waals surface area contributed by atoms with E-state index in [0.29, 0.717) is 0 Å². The van der Waals surface area contributed by atoms with Crippen LogP contribution in [0.3, 0.4) is 0 Å². The van der Waals surface area contributed by atoms with Gasteiger partial charge < -0.3 is 19.9 Å². The zero-order valence-electron chi connectivity index (χ0n) is 9.58. The number of carboxylic acid groups (broad SMARTS) is 1. The summed E-state index contributed by atoms with van der Waals surface area (Å²) in [7, 11) is 2.82. The van der Waals surface area contributed by atoms with Crippen molar-refractivity contribution in [3.63, 3.8) is 0 Å². The average molecular weight is 259 g/mol. The fourth-order valence-corrected chi connectivity index (χ4v) is 1.13. The van der Waals surface area contributed by atoms with Crippen molar-refractivity contribution in [2.24, 2.45) is 5.92 Å². The zero-order valence-corrected chi connectivity index (χ0v) is 9.58. The van der Waals surface area contributed by atoms with Crippen LogP contribution in [0.15, 0.2) is 0 Å². The number of methoxy groups -OCH3 is 2. The predicted molar refractivity (Wildman–Crippen MR) is 52.7 cm³/mol. The molecule has 0 saturated heterocycles. The van der Waals surface area contributed by atoms with Crippen molar-refractivity contribution < 1.29 is 32.5 Å². The maximum atomic E-state index is 12.2. The Hall–Kier alpha value is -0.860. The van der Waals surface area contributed by atoms with Gasteiger partial charge in [-0.25, -0.2) is 0 Å². The molecule has 0 aromatic heterocycles. The fourth-order valence-electron chi connectivity index (χ4n) is 1.13. The first-order valence-corrected chi connectivity index (χ1v) is 4.84. The van der Waals surface area contributed by atoms with E-state index in [-0.39, 0.29) is 13.2 Å². The van der Waals surface area contributed by atoms with E-state index >= 15 is 0 Å². The van der Waals surface area contributed by atoms with E-state index in [0.717, 1.165) is 0 Å². The van der Waals surface area contributed by atoms with Gasteiger partial charge in [-0.3, -0.25) is 4.79 Å².